The monoisotopic (exact) mass is 382 g/mol. The lowest BCUT2D eigenvalue weighted by Crippen LogP contribution is -2.41. The van der Waals surface area contributed by atoms with Crippen molar-refractivity contribution in [3.63, 3.8) is 0 Å². The zero-order chi connectivity index (χ0) is 18.2. The number of nitrogens with zero attached hydrogens (tertiary/aromatic N) is 5. The van der Waals surface area contributed by atoms with E-state index in [2.05, 4.69) is 20.8 Å². The lowest BCUT2D eigenvalue weighted by molar-refractivity contribution is -0.131. The van der Waals surface area contributed by atoms with Crippen molar-refractivity contribution in [1.82, 2.24) is 30.4 Å². The van der Waals surface area contributed by atoms with E-state index < -0.39 is 17.5 Å². The molecule has 0 unspecified atom stereocenters. The van der Waals surface area contributed by atoms with E-state index in [0.29, 0.717) is 28.0 Å². The summed E-state index contributed by atoms with van der Waals surface area (Å²) in [5.41, 5.74) is -0.797. The molecular weight excluding hydrogens is 367 g/mol. The smallest absolute Gasteiger partial charge is 0.319 e. The number of imide groups is 1. The highest BCUT2D eigenvalue weighted by Crippen LogP contribution is 2.35. The Labute approximate surface area is 154 Å². The Balaban J connectivity index is 1.90. The Hall–Kier alpha value is -2.19. The summed E-state index contributed by atoms with van der Waals surface area (Å²) in [7, 11) is 0. The van der Waals surface area contributed by atoms with Gasteiger partial charge < -0.3 is 5.32 Å². The minimum atomic E-state index is -1.28. The Morgan fingerprint density at radius 3 is 2.72 bits per heavy atom. The summed E-state index contributed by atoms with van der Waals surface area (Å²) in [4.78, 5) is 26.4. The molecule has 0 radical (unpaired) electrons. The third-order valence-corrected chi connectivity index (χ3v) is 4.63. The second-order valence-corrected chi connectivity index (χ2v) is 6.73. The molecule has 132 valence electrons. The van der Waals surface area contributed by atoms with Gasteiger partial charge in [-0.1, -0.05) is 36.2 Å². The minimum Gasteiger partial charge on any atom is -0.319 e. The summed E-state index contributed by atoms with van der Waals surface area (Å²) in [6, 6.07) is 4.27. The number of amides is 3. The Bertz CT molecular complexity index is 839. The molecule has 2 aromatic rings. The SMILES string of the molecule is CCCn1nnnc1CN1C(=O)N[C@](C)(c2ccc(Cl)cc2Cl)C1=O. The Kier molecular flexibility index (Phi) is 4.66. The average Bonchev–Trinajstić information content (AvgIpc) is 3.06. The third-order valence-electron chi connectivity index (χ3n) is 4.09. The van der Waals surface area contributed by atoms with Crippen LogP contribution >= 0.6 is 23.2 Å². The summed E-state index contributed by atoms with van der Waals surface area (Å²) in [6.07, 6.45) is 0.830. The highest BCUT2D eigenvalue weighted by atomic mass is 35.5. The molecule has 1 aliphatic rings. The first-order valence-electron chi connectivity index (χ1n) is 7.71. The molecule has 2 heterocycles. The second-order valence-electron chi connectivity index (χ2n) is 5.89. The van der Waals surface area contributed by atoms with E-state index in [-0.39, 0.29) is 6.54 Å². The molecule has 1 aromatic carbocycles. The van der Waals surface area contributed by atoms with Crippen LogP contribution in [0.5, 0.6) is 0 Å². The van der Waals surface area contributed by atoms with Gasteiger partial charge in [-0.3, -0.25) is 9.69 Å². The number of halogens is 2. The minimum absolute atomic E-state index is 0.0154. The third kappa shape index (κ3) is 3.07. The van der Waals surface area contributed by atoms with Crippen molar-refractivity contribution in [3.05, 3.63) is 39.6 Å². The fraction of sp³-hybridized carbons (Fsp3) is 0.400. The van der Waals surface area contributed by atoms with E-state index in [9.17, 15) is 9.59 Å². The van der Waals surface area contributed by atoms with Crippen LogP contribution in [0.3, 0.4) is 0 Å². The number of benzene rings is 1. The molecule has 0 saturated carbocycles. The van der Waals surface area contributed by atoms with Crippen LogP contribution in [-0.4, -0.2) is 37.0 Å². The molecule has 1 N–H and O–H groups in total. The number of hydrogen-bond acceptors (Lipinski definition) is 5. The zero-order valence-electron chi connectivity index (χ0n) is 13.7. The second kappa shape index (κ2) is 6.61. The van der Waals surface area contributed by atoms with E-state index in [0.717, 1.165) is 11.3 Å². The van der Waals surface area contributed by atoms with Gasteiger partial charge in [0.05, 0.1) is 6.54 Å². The van der Waals surface area contributed by atoms with Crippen LogP contribution in [0.2, 0.25) is 10.0 Å². The molecule has 1 fully saturated rings. The molecule has 25 heavy (non-hydrogen) atoms. The lowest BCUT2D eigenvalue weighted by Gasteiger charge is -2.23. The zero-order valence-corrected chi connectivity index (χ0v) is 15.2. The van der Waals surface area contributed by atoms with Gasteiger partial charge in [0.1, 0.15) is 5.54 Å². The highest BCUT2D eigenvalue weighted by Gasteiger charge is 2.50. The van der Waals surface area contributed by atoms with Crippen molar-refractivity contribution in [2.45, 2.75) is 38.9 Å². The molecular formula is C15H16Cl2N6O2. The fourth-order valence-electron chi connectivity index (χ4n) is 2.78. The van der Waals surface area contributed by atoms with Gasteiger partial charge in [-0.05, 0) is 35.9 Å². The molecule has 1 aliphatic heterocycles. The van der Waals surface area contributed by atoms with Crippen LogP contribution in [0.15, 0.2) is 18.2 Å². The molecule has 10 heteroatoms. The van der Waals surface area contributed by atoms with E-state index >= 15 is 0 Å². The number of hydrogen-bond donors (Lipinski definition) is 1. The molecule has 1 aromatic heterocycles. The molecule has 0 bridgehead atoms. The van der Waals surface area contributed by atoms with Crippen LogP contribution in [-0.2, 0) is 23.4 Å². The van der Waals surface area contributed by atoms with E-state index in [4.69, 9.17) is 23.2 Å². The predicted octanol–water partition coefficient (Wildman–Crippen LogP) is 2.36. The summed E-state index contributed by atoms with van der Waals surface area (Å²) in [5.74, 6) is 0.0181. The predicted molar refractivity (Wildman–Crippen MR) is 91.0 cm³/mol. The molecule has 3 rings (SSSR count). The quantitative estimate of drug-likeness (QED) is 0.801. The van der Waals surface area contributed by atoms with Gasteiger partial charge in [0.2, 0.25) is 0 Å². The van der Waals surface area contributed by atoms with Crippen molar-refractivity contribution in [3.8, 4) is 0 Å². The largest absolute Gasteiger partial charge is 0.325 e. The first kappa shape index (κ1) is 17.6. The number of carbonyl (C=O) groups is 2. The Morgan fingerprint density at radius 2 is 2.04 bits per heavy atom. The maximum atomic E-state index is 12.9. The van der Waals surface area contributed by atoms with Crippen LogP contribution in [0.1, 0.15) is 31.7 Å². The van der Waals surface area contributed by atoms with Gasteiger partial charge in [0.25, 0.3) is 5.91 Å². The number of tetrazole rings is 1. The van der Waals surface area contributed by atoms with E-state index in [1.165, 1.54) is 6.07 Å². The number of aryl methyl sites for hydroxylation is 1. The average molecular weight is 383 g/mol. The van der Waals surface area contributed by atoms with Crippen molar-refractivity contribution < 1.29 is 9.59 Å². The van der Waals surface area contributed by atoms with Gasteiger partial charge in [-0.2, -0.15) is 0 Å². The van der Waals surface area contributed by atoms with Gasteiger partial charge in [-0.25, -0.2) is 9.48 Å². The number of carbonyl (C=O) groups excluding carboxylic acids is 2. The maximum Gasteiger partial charge on any atom is 0.325 e. The molecule has 1 saturated heterocycles. The van der Waals surface area contributed by atoms with Crippen LogP contribution < -0.4 is 5.32 Å². The summed E-state index contributed by atoms with van der Waals surface area (Å²) in [5, 5.41) is 14.8. The molecule has 0 aliphatic carbocycles. The Morgan fingerprint density at radius 1 is 1.28 bits per heavy atom. The maximum absolute atomic E-state index is 12.9. The lowest BCUT2D eigenvalue weighted by atomic mass is 9.92. The van der Waals surface area contributed by atoms with Crippen LogP contribution in [0.4, 0.5) is 4.79 Å². The van der Waals surface area contributed by atoms with E-state index in [1.54, 1.807) is 23.7 Å². The van der Waals surface area contributed by atoms with Gasteiger partial charge >= 0.3 is 6.03 Å². The molecule has 0 spiro atoms. The van der Waals surface area contributed by atoms with Crippen molar-refractivity contribution in [2.75, 3.05) is 0 Å². The topological polar surface area (TPSA) is 93.0 Å². The van der Waals surface area contributed by atoms with Gasteiger partial charge in [0, 0.05) is 22.2 Å². The molecule has 1 atom stereocenters. The number of rotatable bonds is 5. The number of aromatic nitrogens is 4. The first-order chi connectivity index (χ1) is 11.9. The number of nitrogens with one attached hydrogen (secondary N) is 1. The van der Waals surface area contributed by atoms with Crippen molar-refractivity contribution in [1.29, 1.82) is 0 Å². The standard InChI is InChI=1S/C15H16Cl2N6O2/c1-3-6-23-12(19-20-21-23)8-22-13(24)15(2,18-14(22)25)10-5-4-9(16)7-11(10)17/h4-5,7H,3,6,8H2,1-2H3,(H,18,25)/t15-/m1/s1. The van der Waals surface area contributed by atoms with Crippen molar-refractivity contribution >= 4 is 35.1 Å². The first-order valence-corrected chi connectivity index (χ1v) is 8.47. The number of urea groups is 1. The normalized spacial score (nSPS) is 20.2. The highest BCUT2D eigenvalue weighted by molar-refractivity contribution is 6.35. The van der Waals surface area contributed by atoms with Crippen molar-refractivity contribution in [2.24, 2.45) is 0 Å². The molecule has 8 nitrogen and oxygen atoms in total. The summed E-state index contributed by atoms with van der Waals surface area (Å²) < 4.78 is 1.57. The van der Waals surface area contributed by atoms with Gasteiger partial charge in [-0.15, -0.1) is 5.10 Å². The fourth-order valence-corrected chi connectivity index (χ4v) is 3.38. The molecule has 3 amide bonds. The van der Waals surface area contributed by atoms with Crippen LogP contribution in [0, 0.1) is 0 Å². The summed E-state index contributed by atoms with van der Waals surface area (Å²) in [6.45, 7) is 4.18. The summed E-state index contributed by atoms with van der Waals surface area (Å²) >= 11 is 12.1. The van der Waals surface area contributed by atoms with Crippen LogP contribution in [0.25, 0.3) is 0 Å². The van der Waals surface area contributed by atoms with Gasteiger partial charge in [0.15, 0.2) is 5.82 Å². The van der Waals surface area contributed by atoms with E-state index in [1.807, 2.05) is 6.92 Å².